The lowest BCUT2D eigenvalue weighted by atomic mass is 9.70. The van der Waals surface area contributed by atoms with E-state index in [0.717, 1.165) is 0 Å². The van der Waals surface area contributed by atoms with Crippen LogP contribution in [0, 0.1) is 55.4 Å². The summed E-state index contributed by atoms with van der Waals surface area (Å²) in [6, 6.07) is 108. The van der Waals surface area contributed by atoms with E-state index < -0.39 is 0 Å². The predicted octanol–water partition coefficient (Wildman–Crippen LogP) is 23.2. The van der Waals surface area contributed by atoms with E-state index in [-0.39, 0.29) is 10.8 Å². The van der Waals surface area contributed by atoms with Gasteiger partial charge in [-0.25, -0.2) is 0 Å². The van der Waals surface area contributed by atoms with Crippen molar-refractivity contribution < 1.29 is 0 Å². The van der Waals surface area contributed by atoms with Crippen LogP contribution in [-0.4, -0.2) is 0 Å². The van der Waals surface area contributed by atoms with Crippen molar-refractivity contribution in [2.75, 3.05) is 0 Å². The quantitative estimate of drug-likeness (QED) is 0.142. The summed E-state index contributed by atoms with van der Waals surface area (Å²) in [5, 5.41) is 5.39. The van der Waals surface area contributed by atoms with Crippen molar-refractivity contribution in [3.8, 4) is 33.4 Å². The smallest absolute Gasteiger partial charge is 0.0622 e. The van der Waals surface area contributed by atoms with Gasteiger partial charge >= 0.3 is 0 Å². The molecular weight excluding hydrogens is 1030 g/mol. The molecule has 0 aromatic heterocycles. The first kappa shape index (κ1) is 59.5. The Morgan fingerprint density at radius 1 is 0.198 bits per heavy atom. The lowest BCUT2D eigenvalue weighted by Gasteiger charge is -2.30. The summed E-state index contributed by atoms with van der Waals surface area (Å²) < 4.78 is 0. The van der Waals surface area contributed by atoms with Gasteiger partial charge in [0.1, 0.15) is 0 Å². The lowest BCUT2D eigenvalue weighted by Crippen LogP contribution is -2.25. The lowest BCUT2D eigenvalue weighted by molar-refractivity contribution is 0.660. The highest BCUT2D eigenvalue weighted by Crippen LogP contribution is 2.62. The van der Waals surface area contributed by atoms with Crippen LogP contribution in [0.15, 0.2) is 303 Å². The molecule has 1 spiro atoms. The van der Waals surface area contributed by atoms with Crippen LogP contribution in [0.25, 0.3) is 54.9 Å². The molecule has 0 saturated heterocycles. The Morgan fingerprint density at radius 2 is 0.512 bits per heavy atom. The zero-order valence-electron chi connectivity index (χ0n) is 51.9. The number of fused-ring (bicyclic) bond motifs is 15. The van der Waals surface area contributed by atoms with Gasteiger partial charge < -0.3 is 0 Å². The Morgan fingerprint density at radius 3 is 0.930 bits per heavy atom. The summed E-state index contributed by atoms with van der Waals surface area (Å²) >= 11 is 0. The fourth-order valence-corrected chi connectivity index (χ4v) is 12.6. The van der Waals surface area contributed by atoms with Gasteiger partial charge in [-0.2, -0.15) is 0 Å². The molecule has 86 heavy (non-hydrogen) atoms. The van der Waals surface area contributed by atoms with Crippen molar-refractivity contribution in [1.29, 1.82) is 0 Å². The van der Waals surface area contributed by atoms with Gasteiger partial charge in [0.2, 0.25) is 0 Å². The molecule has 13 aromatic rings. The number of aryl methyl sites for hydroxylation is 8. The molecule has 0 unspecified atom stereocenters. The molecule has 0 atom stereocenters. The summed E-state index contributed by atoms with van der Waals surface area (Å²) in [5.74, 6) is 0. The molecule has 0 nitrogen and oxygen atoms in total. The summed E-state index contributed by atoms with van der Waals surface area (Å²) in [4.78, 5) is 0. The molecule has 0 fully saturated rings. The third-order valence-electron chi connectivity index (χ3n) is 17.0. The zero-order valence-corrected chi connectivity index (χ0v) is 51.9. The van der Waals surface area contributed by atoms with E-state index in [4.69, 9.17) is 0 Å². The van der Waals surface area contributed by atoms with E-state index >= 15 is 0 Å². The molecule has 16 rings (SSSR count). The van der Waals surface area contributed by atoms with E-state index in [1.807, 2.05) is 54.6 Å². The van der Waals surface area contributed by atoms with Crippen LogP contribution in [0.1, 0.15) is 91.7 Å². The molecule has 0 amide bonds. The maximum absolute atomic E-state index is 2.40. The Balaban J connectivity index is 0.000000119. The van der Waals surface area contributed by atoms with Crippen LogP contribution in [0.3, 0.4) is 0 Å². The van der Waals surface area contributed by atoms with Gasteiger partial charge in [0.05, 0.1) is 5.41 Å². The monoisotopic (exact) mass is 1110 g/mol. The summed E-state index contributed by atoms with van der Waals surface area (Å²) in [6.07, 6.45) is 0. The molecule has 0 radical (unpaired) electrons. The maximum Gasteiger partial charge on any atom is 0.0725 e. The fourth-order valence-electron chi connectivity index (χ4n) is 12.6. The van der Waals surface area contributed by atoms with Crippen molar-refractivity contribution in [1.82, 2.24) is 0 Å². The minimum absolute atomic E-state index is 0.151. The summed E-state index contributed by atoms with van der Waals surface area (Å²) in [5.41, 5.74) is 27.5. The van der Waals surface area contributed by atoms with Crippen LogP contribution in [0.2, 0.25) is 0 Å². The van der Waals surface area contributed by atoms with E-state index in [9.17, 15) is 0 Å². The second-order valence-corrected chi connectivity index (χ2v) is 23.7. The van der Waals surface area contributed by atoms with Crippen LogP contribution in [-0.2, 0) is 10.8 Å². The van der Waals surface area contributed by atoms with Gasteiger partial charge in [-0.15, -0.1) is 0 Å². The van der Waals surface area contributed by atoms with Gasteiger partial charge in [-0.1, -0.05) is 351 Å². The number of hydrogen-bond donors (Lipinski definition) is 0. The Bertz CT molecular complexity index is 4200. The first-order valence-electron chi connectivity index (χ1n) is 30.3. The Labute approximate surface area is 513 Å². The minimum atomic E-state index is -0.189. The van der Waals surface area contributed by atoms with Crippen molar-refractivity contribution in [3.05, 3.63) is 381 Å². The minimum Gasteiger partial charge on any atom is -0.0622 e. The number of hydrogen-bond acceptors (Lipinski definition) is 0. The van der Waals surface area contributed by atoms with Crippen LogP contribution in [0.4, 0.5) is 0 Å². The fraction of sp³-hybridized carbons (Fsp3) is 0.140. The molecular formula is C86H80. The molecule has 0 heteroatoms. The molecule has 13 aromatic carbocycles. The van der Waals surface area contributed by atoms with Crippen molar-refractivity contribution in [2.45, 2.75) is 80.1 Å². The molecule has 0 N–H and O–H groups in total. The maximum atomic E-state index is 2.40. The number of benzene rings is 13. The first-order chi connectivity index (χ1) is 41.7. The topological polar surface area (TPSA) is 0 Å². The normalized spacial score (nSPS) is 12.3. The van der Waals surface area contributed by atoms with Crippen molar-refractivity contribution >= 4 is 21.5 Å². The largest absolute Gasteiger partial charge is 0.0725 e. The Hall–Kier alpha value is -9.62. The SMILES string of the molecule is Cc1ccc2c(c1)C(C)(C)c1ccccc1-2.Cc1ccc2c(c1)C1(c3ccccc3-c3ccccc31)c1ccccc1-2.Cc1ccc2ccccc2c1.Cc1cccc2c(C)cccc12.Cc1ccccc1.Cc1ccccc1.Cc1ccccc1. The third-order valence-corrected chi connectivity index (χ3v) is 17.0. The molecule has 0 saturated carbocycles. The molecule has 424 valence electrons. The number of rotatable bonds is 0. The van der Waals surface area contributed by atoms with Gasteiger partial charge in [0.25, 0.3) is 0 Å². The molecule has 3 aliphatic carbocycles. The second-order valence-electron chi connectivity index (χ2n) is 23.7. The van der Waals surface area contributed by atoms with Crippen molar-refractivity contribution in [2.24, 2.45) is 0 Å². The highest BCUT2D eigenvalue weighted by atomic mass is 14.5. The van der Waals surface area contributed by atoms with Gasteiger partial charge in [0, 0.05) is 5.41 Å². The van der Waals surface area contributed by atoms with Gasteiger partial charge in [-0.05, 0) is 155 Å². The first-order valence-corrected chi connectivity index (χ1v) is 30.3. The average Bonchev–Trinajstić information content (AvgIpc) is 1.53. The highest BCUT2D eigenvalue weighted by molar-refractivity contribution is 5.95. The summed E-state index contributed by atoms with van der Waals surface area (Å²) in [7, 11) is 0. The molecule has 0 aliphatic heterocycles. The van der Waals surface area contributed by atoms with E-state index in [1.165, 1.54) is 133 Å². The van der Waals surface area contributed by atoms with Crippen LogP contribution in [0.5, 0.6) is 0 Å². The van der Waals surface area contributed by atoms with E-state index in [2.05, 4.69) is 318 Å². The predicted molar refractivity (Wildman–Crippen MR) is 372 cm³/mol. The standard InChI is InChI=1S/C26H18.C16H16.C12H12.C11H10.3C7H8/c1-17-14-15-21-20-10-4-7-13-24(20)26(25(21)16-17)22-11-5-2-8-18(22)19-9-3-6-12-23(19)26;1-11-8-9-13-12-6-4-5-7-14(12)16(2,3)15(13)10-11;1-9-5-3-8-12-10(2)6-4-7-11(9)12;1-9-6-7-10-4-2-3-5-11(10)8-9;3*1-7-5-3-2-4-6-7/h2-16H,1H3;4-10H,1-3H3;3-8H,1-2H3;2-8H,1H3;3*2-6H,1H3. The van der Waals surface area contributed by atoms with Gasteiger partial charge in [-0.3, -0.25) is 0 Å². The summed E-state index contributed by atoms with van der Waals surface area (Å²) in [6.45, 7) is 21.7. The zero-order chi connectivity index (χ0) is 60.2. The van der Waals surface area contributed by atoms with Crippen molar-refractivity contribution in [3.63, 3.8) is 0 Å². The highest BCUT2D eigenvalue weighted by Gasteiger charge is 2.51. The van der Waals surface area contributed by atoms with Crippen LogP contribution < -0.4 is 0 Å². The van der Waals surface area contributed by atoms with E-state index in [1.54, 1.807) is 0 Å². The molecule has 0 heterocycles. The van der Waals surface area contributed by atoms with Gasteiger partial charge in [0.15, 0.2) is 0 Å². The van der Waals surface area contributed by atoms with Crippen LogP contribution >= 0.6 is 0 Å². The average molecular weight is 1110 g/mol. The molecule has 0 bridgehead atoms. The Kier molecular flexibility index (Phi) is 18.7. The second kappa shape index (κ2) is 27.0. The van der Waals surface area contributed by atoms with E-state index in [0.29, 0.717) is 0 Å². The molecule has 3 aliphatic rings. The third kappa shape index (κ3) is 12.9.